The lowest BCUT2D eigenvalue weighted by Crippen LogP contribution is -2.14. The van der Waals surface area contributed by atoms with Gasteiger partial charge in [-0.1, -0.05) is 26.0 Å². The van der Waals surface area contributed by atoms with Gasteiger partial charge in [-0.3, -0.25) is 4.79 Å². The molecule has 0 spiro atoms. The van der Waals surface area contributed by atoms with Gasteiger partial charge in [0, 0.05) is 5.56 Å². The second kappa shape index (κ2) is 6.43. The van der Waals surface area contributed by atoms with Gasteiger partial charge in [-0.25, -0.2) is 0 Å². The first-order chi connectivity index (χ1) is 8.43. The van der Waals surface area contributed by atoms with Crippen molar-refractivity contribution < 1.29 is 14.3 Å². The molecule has 0 amide bonds. The lowest BCUT2D eigenvalue weighted by molar-refractivity contribution is -0.146. The second-order valence-corrected chi connectivity index (χ2v) is 4.94. The van der Waals surface area contributed by atoms with Crippen LogP contribution in [0, 0.1) is 0 Å². The third-order valence-corrected chi connectivity index (χ3v) is 2.67. The number of hydrogen-bond acceptors (Lipinski definition) is 3. The van der Waals surface area contributed by atoms with Crippen LogP contribution in [0.25, 0.3) is 0 Å². The largest absolute Gasteiger partial charge is 0.496 e. The van der Waals surface area contributed by atoms with Crippen LogP contribution in [0.2, 0.25) is 0 Å². The van der Waals surface area contributed by atoms with Crippen molar-refractivity contribution in [1.29, 1.82) is 0 Å². The summed E-state index contributed by atoms with van der Waals surface area (Å²) in [5.41, 5.74) is 2.08. The molecule has 0 aliphatic carbocycles. The van der Waals surface area contributed by atoms with E-state index in [1.807, 2.05) is 32.0 Å². The van der Waals surface area contributed by atoms with Gasteiger partial charge >= 0.3 is 5.97 Å². The lowest BCUT2D eigenvalue weighted by Gasteiger charge is -2.13. The summed E-state index contributed by atoms with van der Waals surface area (Å²) in [5.74, 6) is 0.945. The van der Waals surface area contributed by atoms with Crippen molar-refractivity contribution in [2.45, 2.75) is 46.1 Å². The number of carbonyl (C=O) groups excluding carboxylic acids is 1. The second-order valence-electron chi connectivity index (χ2n) is 4.94. The van der Waals surface area contributed by atoms with Gasteiger partial charge < -0.3 is 9.47 Å². The van der Waals surface area contributed by atoms with Gasteiger partial charge in [-0.15, -0.1) is 0 Å². The Morgan fingerprint density at radius 2 is 1.89 bits per heavy atom. The molecule has 0 atom stereocenters. The maximum Gasteiger partial charge on any atom is 0.310 e. The minimum Gasteiger partial charge on any atom is -0.496 e. The number of carbonyl (C=O) groups is 1. The van der Waals surface area contributed by atoms with Crippen molar-refractivity contribution in [2.24, 2.45) is 0 Å². The van der Waals surface area contributed by atoms with E-state index in [4.69, 9.17) is 9.47 Å². The number of rotatable bonds is 5. The molecule has 0 bridgehead atoms. The highest BCUT2D eigenvalue weighted by Crippen LogP contribution is 2.24. The molecule has 0 saturated carbocycles. The highest BCUT2D eigenvalue weighted by atomic mass is 16.5. The average molecular weight is 250 g/mol. The Balaban J connectivity index is 2.91. The van der Waals surface area contributed by atoms with Crippen LogP contribution in [0.3, 0.4) is 0 Å². The Hall–Kier alpha value is -1.51. The van der Waals surface area contributed by atoms with Crippen molar-refractivity contribution >= 4 is 5.97 Å². The van der Waals surface area contributed by atoms with Gasteiger partial charge in [0.1, 0.15) is 5.75 Å². The van der Waals surface area contributed by atoms with Crippen LogP contribution in [0.1, 0.15) is 44.7 Å². The standard InChI is InChI=1S/C15H22O3/c1-10(2)12-6-7-14(17-5)13(8-12)9-15(16)18-11(3)4/h6-8,10-11H,9H2,1-5H3. The van der Waals surface area contributed by atoms with E-state index < -0.39 is 0 Å². The van der Waals surface area contributed by atoms with Crippen LogP contribution >= 0.6 is 0 Å². The van der Waals surface area contributed by atoms with E-state index in [1.54, 1.807) is 7.11 Å². The predicted octanol–water partition coefficient (Wildman–Crippen LogP) is 3.31. The molecule has 3 nitrogen and oxygen atoms in total. The first-order valence-corrected chi connectivity index (χ1v) is 6.30. The third-order valence-electron chi connectivity index (χ3n) is 2.67. The third kappa shape index (κ3) is 4.06. The molecule has 0 aliphatic heterocycles. The van der Waals surface area contributed by atoms with E-state index in [0.29, 0.717) is 5.92 Å². The van der Waals surface area contributed by atoms with Crippen LogP contribution in [0.15, 0.2) is 18.2 Å². The fourth-order valence-electron chi connectivity index (χ4n) is 1.76. The van der Waals surface area contributed by atoms with E-state index >= 15 is 0 Å². The van der Waals surface area contributed by atoms with E-state index in [1.165, 1.54) is 5.56 Å². The van der Waals surface area contributed by atoms with Gasteiger partial charge in [-0.05, 0) is 31.4 Å². The van der Waals surface area contributed by atoms with E-state index in [9.17, 15) is 4.79 Å². The predicted molar refractivity (Wildman–Crippen MR) is 72.0 cm³/mol. The summed E-state index contributed by atoms with van der Waals surface area (Å²) >= 11 is 0. The summed E-state index contributed by atoms with van der Waals surface area (Å²) in [6.07, 6.45) is 0.166. The molecule has 0 saturated heterocycles. The molecule has 18 heavy (non-hydrogen) atoms. The van der Waals surface area contributed by atoms with Crippen molar-refractivity contribution in [3.05, 3.63) is 29.3 Å². The molecule has 0 unspecified atom stereocenters. The van der Waals surface area contributed by atoms with Crippen molar-refractivity contribution in [1.82, 2.24) is 0 Å². The number of ether oxygens (including phenoxy) is 2. The Morgan fingerprint density at radius 3 is 2.39 bits per heavy atom. The van der Waals surface area contributed by atoms with E-state index in [-0.39, 0.29) is 18.5 Å². The maximum absolute atomic E-state index is 11.7. The average Bonchev–Trinajstić information content (AvgIpc) is 2.27. The number of esters is 1. The Labute approximate surface area is 109 Å². The van der Waals surface area contributed by atoms with Crippen molar-refractivity contribution in [2.75, 3.05) is 7.11 Å². The molecule has 0 fully saturated rings. The smallest absolute Gasteiger partial charge is 0.310 e. The summed E-state index contributed by atoms with van der Waals surface area (Å²) in [4.78, 5) is 11.7. The van der Waals surface area contributed by atoms with Crippen LogP contribution in [0.5, 0.6) is 5.75 Å². The van der Waals surface area contributed by atoms with Crippen molar-refractivity contribution in [3.8, 4) is 5.75 Å². The first kappa shape index (κ1) is 14.6. The molecule has 100 valence electrons. The van der Waals surface area contributed by atoms with Gasteiger partial charge in [0.2, 0.25) is 0 Å². The summed E-state index contributed by atoms with van der Waals surface area (Å²) in [5, 5.41) is 0. The van der Waals surface area contributed by atoms with Gasteiger partial charge in [0.15, 0.2) is 0 Å². The molecule has 0 aromatic heterocycles. The van der Waals surface area contributed by atoms with Crippen LogP contribution in [-0.4, -0.2) is 19.2 Å². The molecule has 0 aliphatic rings. The molecule has 1 aromatic carbocycles. The molecule has 1 aromatic rings. The Kier molecular flexibility index (Phi) is 5.20. The zero-order valence-electron chi connectivity index (χ0n) is 11.8. The topological polar surface area (TPSA) is 35.5 Å². The minimum atomic E-state index is -0.218. The van der Waals surface area contributed by atoms with E-state index in [2.05, 4.69) is 13.8 Å². The SMILES string of the molecule is COc1ccc(C(C)C)cc1CC(=O)OC(C)C. The zero-order valence-corrected chi connectivity index (χ0v) is 11.8. The quantitative estimate of drug-likeness (QED) is 0.752. The van der Waals surface area contributed by atoms with Crippen LogP contribution in [-0.2, 0) is 16.0 Å². The van der Waals surface area contributed by atoms with Crippen LogP contribution in [0.4, 0.5) is 0 Å². The Bertz CT molecular complexity index is 408. The molecule has 0 radical (unpaired) electrons. The van der Waals surface area contributed by atoms with Gasteiger partial charge in [-0.2, -0.15) is 0 Å². The summed E-state index contributed by atoms with van der Waals surface area (Å²) in [6, 6.07) is 5.96. The fourth-order valence-corrected chi connectivity index (χ4v) is 1.76. The number of hydrogen-bond donors (Lipinski definition) is 0. The zero-order chi connectivity index (χ0) is 13.7. The minimum absolute atomic E-state index is 0.0863. The van der Waals surface area contributed by atoms with E-state index in [0.717, 1.165) is 11.3 Å². The monoisotopic (exact) mass is 250 g/mol. The molecule has 3 heteroatoms. The molecular weight excluding hydrogens is 228 g/mol. The molecule has 1 rings (SSSR count). The normalized spacial score (nSPS) is 10.8. The number of methoxy groups -OCH3 is 1. The molecule has 0 N–H and O–H groups in total. The highest BCUT2D eigenvalue weighted by Gasteiger charge is 2.13. The summed E-state index contributed by atoms with van der Waals surface area (Å²) in [7, 11) is 1.61. The fraction of sp³-hybridized carbons (Fsp3) is 0.533. The molecular formula is C15H22O3. The van der Waals surface area contributed by atoms with Crippen LogP contribution < -0.4 is 4.74 Å². The maximum atomic E-state index is 11.7. The summed E-state index contributed by atoms with van der Waals surface area (Å²) in [6.45, 7) is 7.94. The molecule has 0 heterocycles. The Morgan fingerprint density at radius 1 is 1.22 bits per heavy atom. The number of benzene rings is 1. The first-order valence-electron chi connectivity index (χ1n) is 6.30. The highest BCUT2D eigenvalue weighted by molar-refractivity contribution is 5.73. The lowest BCUT2D eigenvalue weighted by atomic mass is 9.99. The summed E-state index contributed by atoms with van der Waals surface area (Å²) < 4.78 is 10.4. The van der Waals surface area contributed by atoms with Crippen molar-refractivity contribution in [3.63, 3.8) is 0 Å². The van der Waals surface area contributed by atoms with Gasteiger partial charge in [0.25, 0.3) is 0 Å². The van der Waals surface area contributed by atoms with Gasteiger partial charge in [0.05, 0.1) is 19.6 Å².